The molecule has 1 aliphatic carbocycles. The van der Waals surface area contributed by atoms with Crippen LogP contribution in [0.3, 0.4) is 0 Å². The van der Waals surface area contributed by atoms with Crippen LogP contribution in [0.15, 0.2) is 22.6 Å². The molecule has 2 N–H and O–H groups in total. The highest BCUT2D eigenvalue weighted by molar-refractivity contribution is 6.01. The first-order chi connectivity index (χ1) is 10.4. The number of aliphatic carboxylic acids is 2. The molecule has 1 aromatic carbocycles. The standard InChI is InChI=1S/C16H16O6/c1-16(14(17)18,15(19)20)22-9-6-7-13-11(8-9)10-4-2-3-5-12(10)21-13/h6-8H,2-5H2,1H3,(H,17,18)(H,19,20). The third-order valence-electron chi connectivity index (χ3n) is 4.06. The topological polar surface area (TPSA) is 97.0 Å². The Kier molecular flexibility index (Phi) is 3.31. The molecular weight excluding hydrogens is 288 g/mol. The molecule has 0 fully saturated rings. The van der Waals surface area contributed by atoms with Crippen LogP contribution in [0.2, 0.25) is 0 Å². The number of rotatable bonds is 4. The van der Waals surface area contributed by atoms with Gasteiger partial charge in [0, 0.05) is 17.4 Å². The van der Waals surface area contributed by atoms with Crippen LogP contribution in [-0.4, -0.2) is 27.8 Å². The lowest BCUT2D eigenvalue weighted by Crippen LogP contribution is -2.49. The van der Waals surface area contributed by atoms with Crippen molar-refractivity contribution in [1.82, 2.24) is 0 Å². The molecule has 1 heterocycles. The summed E-state index contributed by atoms with van der Waals surface area (Å²) in [4.78, 5) is 22.4. The summed E-state index contributed by atoms with van der Waals surface area (Å²) in [7, 11) is 0. The predicted octanol–water partition coefficient (Wildman–Crippen LogP) is 2.62. The van der Waals surface area contributed by atoms with E-state index in [1.807, 2.05) is 0 Å². The fourth-order valence-electron chi connectivity index (χ4n) is 2.72. The molecule has 1 aromatic heterocycles. The molecule has 0 aliphatic heterocycles. The Morgan fingerprint density at radius 3 is 2.55 bits per heavy atom. The molecule has 0 spiro atoms. The second-order valence-electron chi connectivity index (χ2n) is 5.61. The molecule has 2 aromatic rings. The minimum atomic E-state index is -2.32. The normalized spacial score (nSPS) is 14.6. The molecule has 0 unspecified atom stereocenters. The Labute approximate surface area is 126 Å². The second kappa shape index (κ2) is 5.05. The van der Waals surface area contributed by atoms with Crippen LogP contribution < -0.4 is 4.74 Å². The van der Waals surface area contributed by atoms with Crippen molar-refractivity contribution in [3.05, 3.63) is 29.5 Å². The smallest absolute Gasteiger partial charge is 0.359 e. The number of hydrogen-bond acceptors (Lipinski definition) is 4. The number of benzene rings is 1. The summed E-state index contributed by atoms with van der Waals surface area (Å²) in [5.74, 6) is -1.93. The molecule has 6 heteroatoms. The van der Waals surface area contributed by atoms with Crippen molar-refractivity contribution in [3.63, 3.8) is 0 Å². The SMILES string of the molecule is CC(Oc1ccc2oc3c(c2c1)CCCC3)(C(=O)O)C(=O)O. The maximum Gasteiger partial charge on any atom is 0.359 e. The van der Waals surface area contributed by atoms with Crippen molar-refractivity contribution >= 4 is 22.9 Å². The van der Waals surface area contributed by atoms with Crippen molar-refractivity contribution in [1.29, 1.82) is 0 Å². The lowest BCUT2D eigenvalue weighted by molar-refractivity contribution is -0.170. The number of hydrogen-bond donors (Lipinski definition) is 2. The number of carboxylic acid groups (broad SMARTS) is 2. The largest absolute Gasteiger partial charge is 0.478 e. The fourth-order valence-corrected chi connectivity index (χ4v) is 2.72. The lowest BCUT2D eigenvalue weighted by atomic mass is 9.96. The van der Waals surface area contributed by atoms with E-state index in [-0.39, 0.29) is 5.75 Å². The van der Waals surface area contributed by atoms with Crippen molar-refractivity contribution in [2.45, 2.75) is 38.2 Å². The molecule has 3 rings (SSSR count). The van der Waals surface area contributed by atoms with E-state index < -0.39 is 17.5 Å². The maximum atomic E-state index is 11.2. The van der Waals surface area contributed by atoms with E-state index in [4.69, 9.17) is 19.4 Å². The molecule has 0 saturated carbocycles. The van der Waals surface area contributed by atoms with Gasteiger partial charge >= 0.3 is 11.9 Å². The Bertz CT molecular complexity index is 743. The van der Waals surface area contributed by atoms with Crippen LogP contribution in [0.5, 0.6) is 5.75 Å². The van der Waals surface area contributed by atoms with Crippen molar-refractivity contribution in [3.8, 4) is 5.75 Å². The quantitative estimate of drug-likeness (QED) is 0.843. The van der Waals surface area contributed by atoms with Crippen LogP contribution in [0.4, 0.5) is 0 Å². The van der Waals surface area contributed by atoms with Gasteiger partial charge in [-0.15, -0.1) is 0 Å². The summed E-state index contributed by atoms with van der Waals surface area (Å²) in [5.41, 5.74) is -0.497. The van der Waals surface area contributed by atoms with Crippen LogP contribution in [0.25, 0.3) is 11.0 Å². The van der Waals surface area contributed by atoms with E-state index in [1.165, 1.54) is 6.07 Å². The van der Waals surface area contributed by atoms with Crippen molar-refractivity contribution in [2.75, 3.05) is 0 Å². The molecule has 0 amide bonds. The highest BCUT2D eigenvalue weighted by Crippen LogP contribution is 2.34. The number of carboxylic acids is 2. The van der Waals surface area contributed by atoms with Crippen LogP contribution >= 0.6 is 0 Å². The number of aryl methyl sites for hydroxylation is 2. The van der Waals surface area contributed by atoms with Gasteiger partial charge in [0.2, 0.25) is 0 Å². The Hall–Kier alpha value is -2.50. The van der Waals surface area contributed by atoms with Crippen molar-refractivity contribution < 1.29 is 29.0 Å². The van der Waals surface area contributed by atoms with Gasteiger partial charge in [-0.1, -0.05) is 0 Å². The average Bonchev–Trinajstić information content (AvgIpc) is 2.85. The van der Waals surface area contributed by atoms with Gasteiger partial charge in [-0.2, -0.15) is 0 Å². The number of fused-ring (bicyclic) bond motifs is 3. The van der Waals surface area contributed by atoms with E-state index in [0.717, 1.165) is 49.3 Å². The van der Waals surface area contributed by atoms with E-state index in [0.29, 0.717) is 5.58 Å². The van der Waals surface area contributed by atoms with Gasteiger partial charge < -0.3 is 19.4 Å². The highest BCUT2D eigenvalue weighted by atomic mass is 16.6. The summed E-state index contributed by atoms with van der Waals surface area (Å²) in [6.45, 7) is 1.02. The van der Waals surface area contributed by atoms with Gasteiger partial charge in [-0.3, -0.25) is 0 Å². The third kappa shape index (κ3) is 2.20. The predicted molar refractivity (Wildman–Crippen MR) is 77.2 cm³/mol. The minimum absolute atomic E-state index is 0.203. The maximum absolute atomic E-state index is 11.2. The number of carbonyl (C=O) groups is 2. The van der Waals surface area contributed by atoms with Gasteiger partial charge in [-0.05, 0) is 44.4 Å². The summed E-state index contributed by atoms with van der Waals surface area (Å²) >= 11 is 0. The molecule has 6 nitrogen and oxygen atoms in total. The molecule has 1 aliphatic rings. The number of furan rings is 1. The zero-order valence-corrected chi connectivity index (χ0v) is 12.1. The van der Waals surface area contributed by atoms with Gasteiger partial charge in [0.05, 0.1) is 0 Å². The molecule has 0 atom stereocenters. The Morgan fingerprint density at radius 1 is 1.18 bits per heavy atom. The first kappa shape index (κ1) is 14.4. The van der Waals surface area contributed by atoms with Crippen molar-refractivity contribution in [2.24, 2.45) is 0 Å². The van der Waals surface area contributed by atoms with Crippen LogP contribution in [-0.2, 0) is 22.4 Å². The van der Waals surface area contributed by atoms with E-state index in [9.17, 15) is 9.59 Å². The first-order valence-electron chi connectivity index (χ1n) is 7.12. The van der Waals surface area contributed by atoms with Crippen LogP contribution in [0.1, 0.15) is 31.1 Å². The average molecular weight is 304 g/mol. The Balaban J connectivity index is 2.01. The highest BCUT2D eigenvalue weighted by Gasteiger charge is 2.44. The summed E-state index contributed by atoms with van der Waals surface area (Å²) in [5, 5.41) is 19.1. The molecule has 0 saturated heterocycles. The Morgan fingerprint density at radius 2 is 1.86 bits per heavy atom. The number of ether oxygens (including phenoxy) is 1. The second-order valence-corrected chi connectivity index (χ2v) is 5.61. The van der Waals surface area contributed by atoms with Gasteiger partial charge in [0.15, 0.2) is 0 Å². The van der Waals surface area contributed by atoms with Gasteiger partial charge in [-0.25, -0.2) is 9.59 Å². The summed E-state index contributed by atoms with van der Waals surface area (Å²) in [6, 6.07) is 4.88. The zero-order chi connectivity index (χ0) is 15.9. The summed E-state index contributed by atoms with van der Waals surface area (Å²) < 4.78 is 11.0. The molecule has 116 valence electrons. The zero-order valence-electron chi connectivity index (χ0n) is 12.1. The molecular formula is C16H16O6. The fraction of sp³-hybridized carbons (Fsp3) is 0.375. The van der Waals surface area contributed by atoms with Gasteiger partial charge in [0.1, 0.15) is 17.1 Å². The van der Waals surface area contributed by atoms with E-state index in [2.05, 4.69) is 0 Å². The molecule has 22 heavy (non-hydrogen) atoms. The molecule has 0 radical (unpaired) electrons. The van der Waals surface area contributed by atoms with Gasteiger partial charge in [0.25, 0.3) is 5.60 Å². The summed E-state index contributed by atoms with van der Waals surface area (Å²) in [6.07, 6.45) is 3.96. The molecule has 0 bridgehead atoms. The minimum Gasteiger partial charge on any atom is -0.478 e. The lowest BCUT2D eigenvalue weighted by Gasteiger charge is -2.21. The first-order valence-corrected chi connectivity index (χ1v) is 7.12. The third-order valence-corrected chi connectivity index (χ3v) is 4.06. The monoisotopic (exact) mass is 304 g/mol. The van der Waals surface area contributed by atoms with Crippen LogP contribution in [0, 0.1) is 0 Å². The van der Waals surface area contributed by atoms with E-state index in [1.54, 1.807) is 12.1 Å². The van der Waals surface area contributed by atoms with E-state index >= 15 is 0 Å².